The molecule has 16 N–H and O–H groups in total. The van der Waals surface area contributed by atoms with Gasteiger partial charge in [-0.05, 0) is 24.3 Å². The number of aliphatic hydroxyl groups is 12. The van der Waals surface area contributed by atoms with Gasteiger partial charge in [0, 0.05) is 6.20 Å². The van der Waals surface area contributed by atoms with Gasteiger partial charge in [0.2, 0.25) is 0 Å². The number of rotatable bonds is 20. The second kappa shape index (κ2) is 24.0. The Bertz CT molecular complexity index is 1290. The lowest BCUT2D eigenvalue weighted by atomic mass is 10.1. The van der Waals surface area contributed by atoms with Gasteiger partial charge in [0.05, 0.1) is 107 Å². The van der Waals surface area contributed by atoms with E-state index in [2.05, 4.69) is 31.2 Å². The molecule has 292 valence electrons. The number of nitrogens with zero attached hydrogens (tertiary/aromatic N) is 2. The summed E-state index contributed by atoms with van der Waals surface area (Å²) < 4.78 is 0. The Morgan fingerprint density at radius 3 is 1.08 bits per heavy atom. The Balaban J connectivity index is 0.000000520. The van der Waals surface area contributed by atoms with Crippen molar-refractivity contribution in [2.45, 2.75) is 48.6 Å². The highest BCUT2D eigenvalue weighted by Crippen LogP contribution is 2.05. The van der Waals surface area contributed by atoms with E-state index >= 15 is 0 Å². The SMILES string of the molecule is O=C(NC(CO)C(O)CO)c1ccc(C(=O)NC(CO)C(O)CO)nc1.O=C(NC(CO)C(O)CO)c1cccc(C(=O)NC(CO)C(O)CO)n1. The van der Waals surface area contributed by atoms with Gasteiger partial charge in [0.25, 0.3) is 23.6 Å². The largest absolute Gasteiger partial charge is 0.394 e. The van der Waals surface area contributed by atoms with Crippen molar-refractivity contribution in [3.8, 4) is 0 Å². The van der Waals surface area contributed by atoms with Crippen LogP contribution in [0.5, 0.6) is 0 Å². The Kier molecular flexibility index (Phi) is 21.1. The third-order valence-electron chi connectivity index (χ3n) is 7.13. The van der Waals surface area contributed by atoms with Gasteiger partial charge in [-0.1, -0.05) is 6.07 Å². The van der Waals surface area contributed by atoms with Gasteiger partial charge in [-0.2, -0.15) is 0 Å². The molecule has 22 nitrogen and oxygen atoms in total. The third kappa shape index (κ3) is 14.4. The number of carbonyl (C=O) groups is 4. The van der Waals surface area contributed by atoms with Crippen molar-refractivity contribution >= 4 is 23.6 Å². The normalized spacial score (nSPS) is 15.6. The van der Waals surface area contributed by atoms with E-state index in [1.54, 1.807) is 0 Å². The molecule has 0 fully saturated rings. The lowest BCUT2D eigenvalue weighted by Crippen LogP contribution is -2.48. The molecule has 0 radical (unpaired) electrons. The molecule has 0 saturated carbocycles. The van der Waals surface area contributed by atoms with E-state index in [4.69, 9.17) is 40.9 Å². The predicted molar refractivity (Wildman–Crippen MR) is 174 cm³/mol. The molecule has 2 heterocycles. The lowest BCUT2D eigenvalue weighted by molar-refractivity contribution is 0.0384. The first kappa shape index (κ1) is 45.7. The van der Waals surface area contributed by atoms with Crippen LogP contribution in [0.25, 0.3) is 0 Å². The van der Waals surface area contributed by atoms with Gasteiger partial charge in [-0.25, -0.2) is 4.98 Å². The van der Waals surface area contributed by atoms with Gasteiger partial charge in [0.1, 0.15) is 17.1 Å². The molecule has 2 rings (SSSR count). The van der Waals surface area contributed by atoms with E-state index in [1.165, 1.54) is 30.3 Å². The third-order valence-corrected chi connectivity index (χ3v) is 7.13. The highest BCUT2D eigenvalue weighted by Gasteiger charge is 2.25. The second-order valence-electron chi connectivity index (χ2n) is 10.9. The van der Waals surface area contributed by atoms with Crippen LogP contribution in [0.2, 0.25) is 0 Å². The first-order valence-corrected chi connectivity index (χ1v) is 15.5. The molecule has 22 heteroatoms. The van der Waals surface area contributed by atoms with Gasteiger partial charge < -0.3 is 82.5 Å². The predicted octanol–water partition coefficient (Wildman–Crippen LogP) is -8.06. The van der Waals surface area contributed by atoms with Crippen LogP contribution in [0.3, 0.4) is 0 Å². The van der Waals surface area contributed by atoms with E-state index < -0.39 is 125 Å². The fourth-order valence-electron chi connectivity index (χ4n) is 3.89. The topological polar surface area (TPSA) is 385 Å². The summed E-state index contributed by atoms with van der Waals surface area (Å²) in [5.74, 6) is -2.99. The number of aliphatic hydroxyl groups excluding tert-OH is 12. The van der Waals surface area contributed by atoms with Crippen LogP contribution in [0.4, 0.5) is 0 Å². The minimum atomic E-state index is -1.37. The molecule has 0 aliphatic rings. The van der Waals surface area contributed by atoms with E-state index in [0.717, 1.165) is 6.20 Å². The monoisotopic (exact) mass is 746 g/mol. The summed E-state index contributed by atoms with van der Waals surface area (Å²) in [5.41, 5.74) is -0.438. The highest BCUT2D eigenvalue weighted by atomic mass is 16.3. The van der Waals surface area contributed by atoms with Crippen LogP contribution < -0.4 is 21.3 Å². The van der Waals surface area contributed by atoms with Crippen molar-refractivity contribution in [2.75, 3.05) is 52.9 Å². The minimum Gasteiger partial charge on any atom is -0.394 e. The van der Waals surface area contributed by atoms with Gasteiger partial charge >= 0.3 is 0 Å². The lowest BCUT2D eigenvalue weighted by Gasteiger charge is -2.21. The molecule has 0 aliphatic carbocycles. The number of nitrogens with one attached hydrogen (secondary N) is 4. The van der Waals surface area contributed by atoms with Crippen LogP contribution in [0.15, 0.2) is 36.5 Å². The Morgan fingerprint density at radius 2 is 0.788 bits per heavy atom. The number of pyridine rings is 2. The Hall–Kier alpha value is -4.30. The molecule has 4 amide bonds. The first-order chi connectivity index (χ1) is 24.7. The standard InChI is InChI=1S/2C15H23N3O8/c19-4-10(12(23)6-21)17-14(25)8-1-2-9(16-3-8)15(26)18-11(5-20)13(24)7-22;19-4-10(12(23)6-21)17-14(25)8-2-1-3-9(16-8)15(26)18-11(5-20)13(24)7-22/h2*1-3,10-13,19-24H,4-7H2,(H,17,25)(H,18,26). The average molecular weight is 747 g/mol. The maximum atomic E-state index is 12.1. The zero-order chi connectivity index (χ0) is 39.4. The van der Waals surface area contributed by atoms with E-state index in [0.29, 0.717) is 0 Å². The van der Waals surface area contributed by atoms with Crippen molar-refractivity contribution in [3.05, 3.63) is 59.2 Å². The van der Waals surface area contributed by atoms with Crippen LogP contribution in [-0.4, -0.2) is 196 Å². The van der Waals surface area contributed by atoms with E-state index in [1.807, 2.05) is 0 Å². The Labute approximate surface area is 296 Å². The molecule has 0 saturated heterocycles. The highest BCUT2D eigenvalue weighted by molar-refractivity contribution is 5.97. The molecular weight excluding hydrogens is 700 g/mol. The van der Waals surface area contributed by atoms with Crippen molar-refractivity contribution in [2.24, 2.45) is 0 Å². The van der Waals surface area contributed by atoms with Crippen LogP contribution in [0, 0.1) is 0 Å². The van der Waals surface area contributed by atoms with Crippen molar-refractivity contribution in [1.29, 1.82) is 0 Å². The number of carbonyl (C=O) groups excluding carboxylic acids is 4. The number of amides is 4. The number of aromatic nitrogens is 2. The quantitative estimate of drug-likeness (QED) is 0.0598. The van der Waals surface area contributed by atoms with E-state index in [9.17, 15) is 39.6 Å². The maximum absolute atomic E-state index is 12.1. The van der Waals surface area contributed by atoms with Crippen molar-refractivity contribution in [1.82, 2.24) is 31.2 Å². The van der Waals surface area contributed by atoms with E-state index in [-0.39, 0.29) is 22.6 Å². The van der Waals surface area contributed by atoms with Crippen LogP contribution in [-0.2, 0) is 0 Å². The number of hydrogen-bond donors (Lipinski definition) is 16. The summed E-state index contributed by atoms with van der Waals surface area (Å²) >= 11 is 0. The summed E-state index contributed by atoms with van der Waals surface area (Å²) in [6.45, 7) is -5.05. The molecule has 8 unspecified atom stereocenters. The second-order valence-corrected chi connectivity index (χ2v) is 10.9. The smallest absolute Gasteiger partial charge is 0.270 e. The van der Waals surface area contributed by atoms with Crippen molar-refractivity contribution in [3.63, 3.8) is 0 Å². The molecule has 8 atom stereocenters. The fourth-order valence-corrected chi connectivity index (χ4v) is 3.89. The molecule has 0 aliphatic heterocycles. The zero-order valence-corrected chi connectivity index (χ0v) is 27.6. The molecule has 0 bridgehead atoms. The summed E-state index contributed by atoms with van der Waals surface area (Å²) in [6.07, 6.45) is -4.35. The molecular formula is C30H46N6O16. The van der Waals surface area contributed by atoms with Gasteiger partial charge in [-0.15, -0.1) is 0 Å². The molecule has 2 aromatic rings. The maximum Gasteiger partial charge on any atom is 0.270 e. The summed E-state index contributed by atoms with van der Waals surface area (Å²) in [7, 11) is 0. The summed E-state index contributed by atoms with van der Waals surface area (Å²) in [5, 5.41) is 119. The zero-order valence-electron chi connectivity index (χ0n) is 27.6. The first-order valence-electron chi connectivity index (χ1n) is 15.5. The molecule has 0 spiro atoms. The number of hydrogen-bond acceptors (Lipinski definition) is 18. The molecule has 52 heavy (non-hydrogen) atoms. The summed E-state index contributed by atoms with van der Waals surface area (Å²) in [4.78, 5) is 55.9. The van der Waals surface area contributed by atoms with Crippen LogP contribution >= 0.6 is 0 Å². The molecule has 2 aromatic heterocycles. The molecule has 0 aromatic carbocycles. The van der Waals surface area contributed by atoms with Crippen LogP contribution in [0.1, 0.15) is 41.8 Å². The van der Waals surface area contributed by atoms with Crippen molar-refractivity contribution < 1.29 is 80.5 Å². The van der Waals surface area contributed by atoms with Gasteiger partial charge in [-0.3, -0.25) is 24.2 Å². The fraction of sp³-hybridized carbons (Fsp3) is 0.533. The average Bonchev–Trinajstić information content (AvgIpc) is 3.18. The summed E-state index contributed by atoms with van der Waals surface area (Å²) in [6, 6.07) is 2.05. The minimum absolute atomic E-state index is 0.0410. The van der Waals surface area contributed by atoms with Gasteiger partial charge in [0.15, 0.2) is 0 Å². The Morgan fingerprint density at radius 1 is 0.462 bits per heavy atom.